The van der Waals surface area contributed by atoms with Gasteiger partial charge in [0.25, 0.3) is 0 Å². The van der Waals surface area contributed by atoms with Gasteiger partial charge < -0.3 is 9.47 Å². The first-order chi connectivity index (χ1) is 14.1. The van der Waals surface area contributed by atoms with Gasteiger partial charge >= 0.3 is 0 Å². The van der Waals surface area contributed by atoms with Crippen molar-refractivity contribution in [2.45, 2.75) is 13.5 Å². The Hall–Kier alpha value is -2.85. The topological polar surface area (TPSA) is 42.2 Å². The second-order valence-electron chi connectivity index (χ2n) is 6.20. The summed E-state index contributed by atoms with van der Waals surface area (Å²) in [5.74, 6) is 0.771. The lowest BCUT2D eigenvalue weighted by atomic mass is 10.0. The second-order valence-corrected chi connectivity index (χ2v) is 7.45. The lowest BCUT2D eigenvalue weighted by molar-refractivity contribution is 0.269. The number of hydrogen-bond acceptors (Lipinski definition) is 3. The van der Waals surface area contributed by atoms with Crippen LogP contribution in [-0.2, 0) is 6.61 Å². The molecule has 0 aliphatic rings. The summed E-state index contributed by atoms with van der Waals surface area (Å²) in [6.45, 7) is 2.79. The first kappa shape index (κ1) is 20.9. The highest BCUT2D eigenvalue weighted by Gasteiger charge is 2.10. The van der Waals surface area contributed by atoms with Crippen molar-refractivity contribution < 1.29 is 13.9 Å². The van der Waals surface area contributed by atoms with Crippen LogP contribution in [0.15, 0.2) is 66.7 Å². The molecule has 0 bridgehead atoms. The maximum atomic E-state index is 14.0. The number of nitrogens with zero attached hydrogens (tertiary/aromatic N) is 1. The Bertz CT molecular complexity index is 1060. The number of allylic oxidation sites excluding steroid dienone is 1. The smallest absolute Gasteiger partial charge is 0.161 e. The zero-order valence-electron chi connectivity index (χ0n) is 15.9. The van der Waals surface area contributed by atoms with E-state index >= 15 is 0 Å². The van der Waals surface area contributed by atoms with E-state index in [1.807, 2.05) is 37.3 Å². The lowest BCUT2D eigenvalue weighted by Gasteiger charge is -2.13. The molecule has 0 saturated carbocycles. The molecule has 0 saturated heterocycles. The molecule has 29 heavy (non-hydrogen) atoms. The molecule has 0 aliphatic heterocycles. The van der Waals surface area contributed by atoms with Crippen LogP contribution >= 0.6 is 22.6 Å². The SMILES string of the molecule is CCOc1cc(C=C(C#N)c2ccccc2F)ccc1OCc1ccc(I)cc1. The maximum absolute atomic E-state index is 14.0. The van der Waals surface area contributed by atoms with Crippen molar-refractivity contribution in [3.8, 4) is 17.6 Å². The molecule has 0 aliphatic carbocycles. The fourth-order valence-corrected chi connectivity index (χ4v) is 3.12. The van der Waals surface area contributed by atoms with Gasteiger partial charge in [0.05, 0.1) is 18.2 Å². The van der Waals surface area contributed by atoms with Gasteiger partial charge in [0.15, 0.2) is 11.5 Å². The first-order valence-electron chi connectivity index (χ1n) is 9.11. The Kier molecular flexibility index (Phi) is 7.25. The van der Waals surface area contributed by atoms with E-state index in [2.05, 4.69) is 28.7 Å². The Morgan fingerprint density at radius 2 is 1.79 bits per heavy atom. The van der Waals surface area contributed by atoms with Crippen molar-refractivity contribution in [2.75, 3.05) is 6.61 Å². The molecule has 0 spiro atoms. The highest BCUT2D eigenvalue weighted by Crippen LogP contribution is 2.31. The number of ether oxygens (including phenoxy) is 2. The second kappa shape index (κ2) is 10.1. The largest absolute Gasteiger partial charge is 0.490 e. The van der Waals surface area contributed by atoms with Crippen LogP contribution in [0.4, 0.5) is 4.39 Å². The molecule has 0 aromatic heterocycles. The number of rotatable bonds is 7. The van der Waals surface area contributed by atoms with E-state index in [-0.39, 0.29) is 11.1 Å². The zero-order valence-corrected chi connectivity index (χ0v) is 18.0. The van der Waals surface area contributed by atoms with Crippen molar-refractivity contribution in [2.24, 2.45) is 0 Å². The lowest BCUT2D eigenvalue weighted by Crippen LogP contribution is -2.00. The van der Waals surface area contributed by atoms with Crippen molar-refractivity contribution in [3.63, 3.8) is 0 Å². The third-order valence-corrected chi connectivity index (χ3v) is 4.89. The van der Waals surface area contributed by atoms with E-state index in [0.29, 0.717) is 24.7 Å². The van der Waals surface area contributed by atoms with E-state index < -0.39 is 5.82 Å². The van der Waals surface area contributed by atoms with Crippen LogP contribution in [0, 0.1) is 20.7 Å². The van der Waals surface area contributed by atoms with Gasteiger partial charge in [-0.1, -0.05) is 36.4 Å². The van der Waals surface area contributed by atoms with Crippen LogP contribution < -0.4 is 9.47 Å². The minimum Gasteiger partial charge on any atom is -0.490 e. The number of halogens is 2. The average molecular weight is 499 g/mol. The molecule has 0 N–H and O–H groups in total. The van der Waals surface area contributed by atoms with Crippen molar-refractivity contribution in [1.29, 1.82) is 5.26 Å². The third kappa shape index (κ3) is 5.58. The molecule has 3 nitrogen and oxygen atoms in total. The minimum absolute atomic E-state index is 0.248. The Morgan fingerprint density at radius 1 is 1.03 bits per heavy atom. The highest BCUT2D eigenvalue weighted by molar-refractivity contribution is 14.1. The van der Waals surface area contributed by atoms with Crippen LogP contribution in [-0.4, -0.2) is 6.61 Å². The molecular formula is C24H19FINO2. The van der Waals surface area contributed by atoms with Crippen molar-refractivity contribution in [3.05, 3.63) is 92.8 Å². The molecule has 5 heteroatoms. The fraction of sp³-hybridized carbons (Fsp3) is 0.125. The van der Waals surface area contributed by atoms with Crippen LogP contribution in [0.5, 0.6) is 11.5 Å². The van der Waals surface area contributed by atoms with Gasteiger partial charge in [-0.05, 0) is 77.0 Å². The molecule has 3 aromatic carbocycles. The molecule has 0 heterocycles. The summed E-state index contributed by atoms with van der Waals surface area (Å²) >= 11 is 2.26. The van der Waals surface area contributed by atoms with E-state index in [1.54, 1.807) is 36.4 Å². The predicted molar refractivity (Wildman–Crippen MR) is 121 cm³/mol. The molecule has 146 valence electrons. The number of hydrogen-bond donors (Lipinski definition) is 0. The average Bonchev–Trinajstić information content (AvgIpc) is 2.73. The Morgan fingerprint density at radius 3 is 2.48 bits per heavy atom. The van der Waals surface area contributed by atoms with E-state index in [1.165, 1.54) is 9.64 Å². The summed E-state index contributed by atoms with van der Waals surface area (Å²) in [5, 5.41) is 9.48. The summed E-state index contributed by atoms with van der Waals surface area (Å²) in [4.78, 5) is 0. The van der Waals surface area contributed by atoms with Gasteiger partial charge in [-0.2, -0.15) is 5.26 Å². The van der Waals surface area contributed by atoms with E-state index in [9.17, 15) is 9.65 Å². The predicted octanol–water partition coefficient (Wildman–Crippen LogP) is 6.47. The summed E-state index contributed by atoms with van der Waals surface area (Å²) in [5.41, 5.74) is 2.31. The molecule has 3 aromatic rings. The first-order valence-corrected chi connectivity index (χ1v) is 10.2. The highest BCUT2D eigenvalue weighted by atomic mass is 127. The van der Waals surface area contributed by atoms with Crippen molar-refractivity contribution in [1.82, 2.24) is 0 Å². The fourth-order valence-electron chi connectivity index (χ4n) is 2.76. The number of nitriles is 1. The van der Waals surface area contributed by atoms with E-state index in [4.69, 9.17) is 9.47 Å². The summed E-state index contributed by atoms with van der Waals surface area (Å²) in [6, 6.07) is 21.8. The van der Waals surface area contributed by atoms with Gasteiger partial charge in [0, 0.05) is 9.13 Å². The normalized spacial score (nSPS) is 11.0. The van der Waals surface area contributed by atoms with E-state index in [0.717, 1.165) is 11.1 Å². The van der Waals surface area contributed by atoms with Gasteiger partial charge in [0.1, 0.15) is 12.4 Å². The summed E-state index contributed by atoms with van der Waals surface area (Å²) < 4.78 is 26.9. The molecule has 0 unspecified atom stereocenters. The van der Waals surface area contributed by atoms with Crippen LogP contribution in [0.25, 0.3) is 11.6 Å². The molecule has 0 atom stereocenters. The molecule has 3 rings (SSSR count). The van der Waals surface area contributed by atoms with Gasteiger partial charge in [-0.25, -0.2) is 4.39 Å². The molecule has 0 amide bonds. The monoisotopic (exact) mass is 499 g/mol. The Labute approximate surface area is 183 Å². The van der Waals surface area contributed by atoms with Gasteiger partial charge in [-0.3, -0.25) is 0 Å². The quantitative estimate of drug-likeness (QED) is 0.213. The van der Waals surface area contributed by atoms with Crippen LogP contribution in [0.2, 0.25) is 0 Å². The standard InChI is InChI=1S/C24H19FINO2/c1-2-28-24-14-18(13-19(15-27)21-5-3-4-6-22(21)25)9-12-23(24)29-16-17-7-10-20(26)11-8-17/h3-14H,2,16H2,1H3. The molecule has 0 radical (unpaired) electrons. The maximum Gasteiger partial charge on any atom is 0.161 e. The van der Waals surface area contributed by atoms with Crippen molar-refractivity contribution >= 4 is 34.2 Å². The Balaban J connectivity index is 1.86. The van der Waals surface area contributed by atoms with Crippen LogP contribution in [0.3, 0.4) is 0 Å². The minimum atomic E-state index is -0.428. The van der Waals surface area contributed by atoms with Gasteiger partial charge in [-0.15, -0.1) is 0 Å². The van der Waals surface area contributed by atoms with Gasteiger partial charge in [0.2, 0.25) is 0 Å². The molecular weight excluding hydrogens is 480 g/mol. The van der Waals surface area contributed by atoms with Crippen LogP contribution in [0.1, 0.15) is 23.6 Å². The zero-order chi connectivity index (χ0) is 20.6. The summed E-state index contributed by atoms with van der Waals surface area (Å²) in [7, 11) is 0. The third-order valence-electron chi connectivity index (χ3n) is 4.17. The summed E-state index contributed by atoms with van der Waals surface area (Å²) in [6.07, 6.45) is 1.64. The number of benzene rings is 3. The molecule has 0 fully saturated rings.